The van der Waals surface area contributed by atoms with Crippen molar-refractivity contribution in [2.75, 3.05) is 35.7 Å². The molecule has 1 aliphatic rings. The molecule has 0 radical (unpaired) electrons. The van der Waals surface area contributed by atoms with E-state index >= 15 is 0 Å². The maximum absolute atomic E-state index is 9.41. The van der Waals surface area contributed by atoms with Gasteiger partial charge in [-0.15, -0.1) is 0 Å². The number of aliphatic hydroxyl groups is 1. The standard InChI is InChI=1S/C16H18N8O/c1-23(10-5-3-2-4-6-10)16-19-14(18-15(17)20-16)12-7-13(22-21-12)24-8-11(25)9-24/h2-7,11,25H,8-9H2,1H3,(H,21,22)(H2,17,18,19,20). The lowest BCUT2D eigenvalue weighted by Crippen LogP contribution is -2.51. The van der Waals surface area contributed by atoms with E-state index in [0.717, 1.165) is 11.5 Å². The summed E-state index contributed by atoms with van der Waals surface area (Å²) in [5.41, 5.74) is 7.46. The van der Waals surface area contributed by atoms with Crippen LogP contribution in [0.3, 0.4) is 0 Å². The third-order valence-corrected chi connectivity index (χ3v) is 4.08. The number of para-hydroxylation sites is 1. The largest absolute Gasteiger partial charge is 0.389 e. The minimum Gasteiger partial charge on any atom is -0.389 e. The first-order valence-corrected chi connectivity index (χ1v) is 7.89. The first-order valence-electron chi connectivity index (χ1n) is 7.89. The van der Waals surface area contributed by atoms with Crippen LogP contribution in [-0.2, 0) is 0 Å². The Bertz CT molecular complexity index is 875. The van der Waals surface area contributed by atoms with Gasteiger partial charge in [-0.3, -0.25) is 5.10 Å². The quantitative estimate of drug-likeness (QED) is 0.639. The number of hydrogen-bond donors (Lipinski definition) is 3. The highest BCUT2D eigenvalue weighted by molar-refractivity contribution is 5.62. The first-order chi connectivity index (χ1) is 12.1. The molecule has 0 bridgehead atoms. The molecule has 0 aliphatic carbocycles. The summed E-state index contributed by atoms with van der Waals surface area (Å²) in [5, 5.41) is 16.6. The van der Waals surface area contributed by atoms with E-state index in [9.17, 15) is 5.11 Å². The van der Waals surface area contributed by atoms with Gasteiger partial charge in [0.25, 0.3) is 0 Å². The number of β-amino-alcohol motifs (C(OH)–C–C–N with tert-alkyl or cyclic N) is 1. The normalized spacial score (nSPS) is 14.4. The van der Waals surface area contributed by atoms with Crippen LogP contribution < -0.4 is 15.5 Å². The number of anilines is 4. The molecule has 3 heterocycles. The Hall–Kier alpha value is -3.20. The fourth-order valence-corrected chi connectivity index (χ4v) is 2.65. The molecule has 1 saturated heterocycles. The van der Waals surface area contributed by atoms with E-state index in [2.05, 4.69) is 25.1 Å². The molecular weight excluding hydrogens is 320 g/mol. The highest BCUT2D eigenvalue weighted by Crippen LogP contribution is 2.25. The molecule has 3 aromatic rings. The van der Waals surface area contributed by atoms with Gasteiger partial charge in [-0.25, -0.2) is 0 Å². The monoisotopic (exact) mass is 338 g/mol. The van der Waals surface area contributed by atoms with E-state index in [4.69, 9.17) is 5.73 Å². The smallest absolute Gasteiger partial charge is 0.235 e. The Morgan fingerprint density at radius 1 is 1.20 bits per heavy atom. The number of benzene rings is 1. The molecule has 9 heteroatoms. The third-order valence-electron chi connectivity index (χ3n) is 4.08. The summed E-state index contributed by atoms with van der Waals surface area (Å²) < 4.78 is 0. The summed E-state index contributed by atoms with van der Waals surface area (Å²) in [4.78, 5) is 16.7. The minimum absolute atomic E-state index is 0.137. The summed E-state index contributed by atoms with van der Waals surface area (Å²) in [6.45, 7) is 1.15. The number of nitrogens with zero attached hydrogens (tertiary/aromatic N) is 6. The van der Waals surface area contributed by atoms with Crippen molar-refractivity contribution in [3.8, 4) is 11.5 Å². The molecule has 128 valence electrons. The SMILES string of the molecule is CN(c1ccccc1)c1nc(N)nc(-c2cc(N3CC(O)C3)n[nH]2)n1. The van der Waals surface area contributed by atoms with Crippen molar-refractivity contribution in [2.24, 2.45) is 0 Å². The Kier molecular flexibility index (Phi) is 3.69. The molecule has 0 amide bonds. The summed E-state index contributed by atoms with van der Waals surface area (Å²) >= 11 is 0. The second kappa shape index (κ2) is 6.02. The molecular formula is C16H18N8O. The lowest BCUT2D eigenvalue weighted by molar-refractivity contribution is 0.141. The van der Waals surface area contributed by atoms with Crippen LogP contribution in [0.25, 0.3) is 11.5 Å². The number of nitrogens with one attached hydrogen (secondary N) is 1. The van der Waals surface area contributed by atoms with Gasteiger partial charge in [-0.05, 0) is 12.1 Å². The third kappa shape index (κ3) is 2.96. The number of hydrogen-bond acceptors (Lipinski definition) is 8. The molecule has 4 rings (SSSR count). The van der Waals surface area contributed by atoms with Crippen LogP contribution in [0.2, 0.25) is 0 Å². The number of H-pyrrole nitrogens is 1. The van der Waals surface area contributed by atoms with Gasteiger partial charge in [0.05, 0.1) is 6.10 Å². The predicted molar refractivity (Wildman–Crippen MR) is 94.5 cm³/mol. The Morgan fingerprint density at radius 2 is 1.96 bits per heavy atom. The van der Waals surface area contributed by atoms with Crippen LogP contribution >= 0.6 is 0 Å². The molecule has 1 fully saturated rings. The number of aliphatic hydroxyl groups excluding tert-OH is 1. The first kappa shape index (κ1) is 15.3. The average molecular weight is 338 g/mol. The second-order valence-electron chi connectivity index (χ2n) is 5.91. The van der Waals surface area contributed by atoms with Gasteiger partial charge in [0.1, 0.15) is 5.69 Å². The van der Waals surface area contributed by atoms with Crippen LogP contribution in [-0.4, -0.2) is 56.5 Å². The van der Waals surface area contributed by atoms with Crippen LogP contribution in [0, 0.1) is 0 Å². The van der Waals surface area contributed by atoms with Crippen LogP contribution in [0.15, 0.2) is 36.4 Å². The van der Waals surface area contributed by atoms with Gasteiger partial charge < -0.3 is 20.6 Å². The highest BCUT2D eigenvalue weighted by Gasteiger charge is 2.26. The van der Waals surface area contributed by atoms with Crippen molar-refractivity contribution in [2.45, 2.75) is 6.10 Å². The lowest BCUT2D eigenvalue weighted by Gasteiger charge is -2.35. The van der Waals surface area contributed by atoms with Gasteiger partial charge in [0.15, 0.2) is 11.6 Å². The van der Waals surface area contributed by atoms with E-state index in [1.165, 1.54) is 0 Å². The van der Waals surface area contributed by atoms with E-state index in [1.54, 1.807) is 0 Å². The molecule has 0 saturated carbocycles. The van der Waals surface area contributed by atoms with Gasteiger partial charge >= 0.3 is 0 Å². The minimum atomic E-state index is -0.293. The number of aromatic amines is 1. The van der Waals surface area contributed by atoms with Crippen molar-refractivity contribution in [1.29, 1.82) is 0 Å². The number of nitrogens with two attached hydrogens (primary N) is 1. The summed E-state index contributed by atoms with van der Waals surface area (Å²) in [6, 6.07) is 11.6. The molecule has 1 aromatic carbocycles. The number of aromatic nitrogens is 5. The summed E-state index contributed by atoms with van der Waals surface area (Å²) in [6.07, 6.45) is -0.293. The van der Waals surface area contributed by atoms with Gasteiger partial charge in [0, 0.05) is 31.9 Å². The fourth-order valence-electron chi connectivity index (χ4n) is 2.65. The average Bonchev–Trinajstić information content (AvgIpc) is 3.08. The van der Waals surface area contributed by atoms with E-state index in [0.29, 0.717) is 30.6 Å². The Balaban J connectivity index is 1.64. The van der Waals surface area contributed by atoms with Crippen molar-refractivity contribution in [1.82, 2.24) is 25.1 Å². The van der Waals surface area contributed by atoms with Gasteiger partial charge in [-0.2, -0.15) is 20.1 Å². The molecule has 4 N–H and O–H groups in total. The zero-order chi connectivity index (χ0) is 17.4. The molecule has 2 aromatic heterocycles. The number of rotatable bonds is 4. The summed E-state index contributed by atoms with van der Waals surface area (Å²) in [7, 11) is 1.87. The van der Waals surface area contributed by atoms with Crippen LogP contribution in [0.5, 0.6) is 0 Å². The highest BCUT2D eigenvalue weighted by atomic mass is 16.3. The van der Waals surface area contributed by atoms with Crippen LogP contribution in [0.4, 0.5) is 23.4 Å². The second-order valence-corrected chi connectivity index (χ2v) is 5.91. The van der Waals surface area contributed by atoms with Crippen molar-refractivity contribution in [3.05, 3.63) is 36.4 Å². The van der Waals surface area contributed by atoms with E-state index in [-0.39, 0.29) is 12.1 Å². The zero-order valence-corrected chi connectivity index (χ0v) is 13.7. The molecule has 0 spiro atoms. The van der Waals surface area contributed by atoms with Gasteiger partial charge in [0.2, 0.25) is 11.9 Å². The fraction of sp³-hybridized carbons (Fsp3) is 0.250. The molecule has 0 unspecified atom stereocenters. The molecule has 0 atom stereocenters. The maximum Gasteiger partial charge on any atom is 0.235 e. The molecule has 1 aliphatic heterocycles. The zero-order valence-electron chi connectivity index (χ0n) is 13.7. The lowest BCUT2D eigenvalue weighted by atomic mass is 10.2. The Labute approximate surface area is 144 Å². The topological polar surface area (TPSA) is 120 Å². The molecule has 9 nitrogen and oxygen atoms in total. The maximum atomic E-state index is 9.41. The van der Waals surface area contributed by atoms with Crippen molar-refractivity contribution >= 4 is 23.4 Å². The number of nitrogen functional groups attached to an aromatic ring is 1. The Morgan fingerprint density at radius 3 is 2.68 bits per heavy atom. The van der Waals surface area contributed by atoms with Crippen molar-refractivity contribution in [3.63, 3.8) is 0 Å². The summed E-state index contributed by atoms with van der Waals surface area (Å²) in [5.74, 6) is 1.75. The van der Waals surface area contributed by atoms with Gasteiger partial charge in [-0.1, -0.05) is 18.2 Å². The van der Waals surface area contributed by atoms with Crippen molar-refractivity contribution < 1.29 is 5.11 Å². The molecule has 25 heavy (non-hydrogen) atoms. The van der Waals surface area contributed by atoms with E-state index < -0.39 is 0 Å². The van der Waals surface area contributed by atoms with Crippen LogP contribution in [0.1, 0.15) is 0 Å². The predicted octanol–water partition coefficient (Wildman–Crippen LogP) is 0.793. The van der Waals surface area contributed by atoms with E-state index in [1.807, 2.05) is 53.2 Å².